The Morgan fingerprint density at radius 2 is 1.79 bits per heavy atom. The van der Waals surface area contributed by atoms with Crippen LogP contribution >= 0.6 is 11.6 Å². The van der Waals surface area contributed by atoms with E-state index in [0.29, 0.717) is 35.6 Å². The number of nitrogens with zero attached hydrogens (tertiary/aromatic N) is 1. The highest BCUT2D eigenvalue weighted by Crippen LogP contribution is 2.26. The Hall–Kier alpha value is -2.44. The molecule has 0 aliphatic heterocycles. The summed E-state index contributed by atoms with van der Waals surface area (Å²) < 4.78 is 11.2. The van der Waals surface area contributed by atoms with Gasteiger partial charge in [0.2, 0.25) is 0 Å². The summed E-state index contributed by atoms with van der Waals surface area (Å²) in [6.07, 6.45) is -0.809. The number of aliphatic imine (C=N–C) groups is 1. The Labute approximate surface area is 171 Å². The smallest absolute Gasteiger partial charge is 0.191 e. The van der Waals surface area contributed by atoms with E-state index in [1.807, 2.05) is 38.1 Å². The summed E-state index contributed by atoms with van der Waals surface area (Å²) in [4.78, 5) is 4.46. The van der Waals surface area contributed by atoms with Gasteiger partial charge in [-0.15, -0.1) is 0 Å². The Morgan fingerprint density at radius 1 is 1.11 bits per heavy atom. The minimum Gasteiger partial charge on any atom is -0.493 e. The Morgan fingerprint density at radius 3 is 2.43 bits per heavy atom. The first-order valence-corrected chi connectivity index (χ1v) is 9.66. The van der Waals surface area contributed by atoms with Crippen LogP contribution in [0.4, 0.5) is 0 Å². The maximum Gasteiger partial charge on any atom is 0.191 e. The number of rotatable bonds is 9. The molecule has 0 amide bonds. The third-order valence-electron chi connectivity index (χ3n) is 3.98. The van der Waals surface area contributed by atoms with E-state index < -0.39 is 6.10 Å². The summed E-state index contributed by atoms with van der Waals surface area (Å²) in [6, 6.07) is 14.6. The van der Waals surface area contributed by atoms with Crippen molar-refractivity contribution in [1.82, 2.24) is 10.6 Å². The lowest BCUT2D eigenvalue weighted by Gasteiger charge is -2.19. The molecule has 0 saturated carbocycles. The summed E-state index contributed by atoms with van der Waals surface area (Å²) in [5.74, 6) is 2.01. The zero-order valence-electron chi connectivity index (χ0n) is 16.5. The number of para-hydroxylation sites is 2. The number of aliphatic hydroxyl groups is 1. The molecule has 2 aromatic carbocycles. The van der Waals surface area contributed by atoms with Gasteiger partial charge in [0.05, 0.1) is 26.3 Å². The van der Waals surface area contributed by atoms with Gasteiger partial charge in [0.25, 0.3) is 0 Å². The first kappa shape index (κ1) is 21.9. The van der Waals surface area contributed by atoms with Crippen LogP contribution in [0.3, 0.4) is 0 Å². The van der Waals surface area contributed by atoms with Crippen molar-refractivity contribution in [1.29, 1.82) is 0 Å². The van der Waals surface area contributed by atoms with E-state index in [9.17, 15) is 5.11 Å². The highest BCUT2D eigenvalue weighted by Gasteiger charge is 2.11. The van der Waals surface area contributed by atoms with Crippen molar-refractivity contribution in [3.05, 3.63) is 59.1 Å². The van der Waals surface area contributed by atoms with Crippen LogP contribution < -0.4 is 20.1 Å². The van der Waals surface area contributed by atoms with Gasteiger partial charge in [-0.1, -0.05) is 35.9 Å². The Balaban J connectivity index is 1.90. The van der Waals surface area contributed by atoms with Gasteiger partial charge < -0.3 is 25.2 Å². The predicted octanol–water partition coefficient (Wildman–Crippen LogP) is 3.40. The summed E-state index contributed by atoms with van der Waals surface area (Å²) >= 11 is 5.88. The van der Waals surface area contributed by atoms with Crippen molar-refractivity contribution >= 4 is 17.6 Å². The molecule has 2 rings (SSSR count). The van der Waals surface area contributed by atoms with Crippen LogP contribution in [-0.4, -0.2) is 43.9 Å². The second-order valence-corrected chi connectivity index (χ2v) is 6.68. The normalized spacial score (nSPS) is 13.5. The highest BCUT2D eigenvalue weighted by molar-refractivity contribution is 6.30. The maximum absolute atomic E-state index is 10.3. The number of methoxy groups -OCH3 is 1. The van der Waals surface area contributed by atoms with Crippen LogP contribution in [0.15, 0.2) is 53.5 Å². The molecular formula is C21H28ClN3O3. The van der Waals surface area contributed by atoms with Gasteiger partial charge in [0.1, 0.15) is 6.10 Å². The lowest BCUT2D eigenvalue weighted by Crippen LogP contribution is -2.42. The molecule has 152 valence electrons. The second kappa shape index (κ2) is 11.4. The number of halogens is 1. The van der Waals surface area contributed by atoms with Crippen LogP contribution in [0, 0.1) is 0 Å². The molecular weight excluding hydrogens is 378 g/mol. The van der Waals surface area contributed by atoms with Gasteiger partial charge in [-0.25, -0.2) is 0 Å². The molecule has 2 atom stereocenters. The molecule has 0 aliphatic rings. The fourth-order valence-electron chi connectivity index (χ4n) is 2.52. The molecule has 2 aromatic rings. The van der Waals surface area contributed by atoms with Gasteiger partial charge >= 0.3 is 0 Å². The number of benzene rings is 2. The number of hydrogen-bond donors (Lipinski definition) is 3. The predicted molar refractivity (Wildman–Crippen MR) is 113 cm³/mol. The van der Waals surface area contributed by atoms with E-state index in [4.69, 9.17) is 21.1 Å². The topological polar surface area (TPSA) is 75.1 Å². The Kier molecular flexibility index (Phi) is 8.91. The van der Waals surface area contributed by atoms with Crippen molar-refractivity contribution in [3.8, 4) is 11.5 Å². The van der Waals surface area contributed by atoms with Crippen LogP contribution in [0.25, 0.3) is 0 Å². The van der Waals surface area contributed by atoms with Crippen molar-refractivity contribution in [2.45, 2.75) is 26.1 Å². The van der Waals surface area contributed by atoms with Crippen molar-refractivity contribution in [2.75, 3.05) is 26.7 Å². The highest BCUT2D eigenvalue weighted by atomic mass is 35.5. The molecule has 0 bridgehead atoms. The molecule has 6 nitrogen and oxygen atoms in total. The first-order valence-electron chi connectivity index (χ1n) is 9.28. The number of nitrogens with one attached hydrogen (secondary N) is 2. The summed E-state index contributed by atoms with van der Waals surface area (Å²) in [6.45, 7) is 5.44. The average Bonchev–Trinajstić information content (AvgIpc) is 2.70. The maximum atomic E-state index is 10.3. The molecule has 2 unspecified atom stereocenters. The minimum atomic E-state index is -0.699. The van der Waals surface area contributed by atoms with E-state index in [2.05, 4.69) is 15.6 Å². The van der Waals surface area contributed by atoms with E-state index >= 15 is 0 Å². The zero-order chi connectivity index (χ0) is 20.4. The first-order chi connectivity index (χ1) is 13.5. The lowest BCUT2D eigenvalue weighted by molar-refractivity contribution is 0.187. The monoisotopic (exact) mass is 405 g/mol. The van der Waals surface area contributed by atoms with Gasteiger partial charge in [0.15, 0.2) is 17.5 Å². The third-order valence-corrected chi connectivity index (χ3v) is 4.23. The number of guanidine groups is 1. The van der Waals surface area contributed by atoms with Crippen LogP contribution in [0.1, 0.15) is 25.5 Å². The molecule has 3 N–H and O–H groups in total. The molecule has 0 heterocycles. The van der Waals surface area contributed by atoms with Crippen molar-refractivity contribution < 1.29 is 14.6 Å². The van der Waals surface area contributed by atoms with Gasteiger partial charge in [-0.05, 0) is 43.7 Å². The van der Waals surface area contributed by atoms with Gasteiger partial charge in [0, 0.05) is 11.6 Å². The van der Waals surface area contributed by atoms with Gasteiger partial charge in [-0.2, -0.15) is 0 Å². The largest absolute Gasteiger partial charge is 0.493 e. The molecule has 28 heavy (non-hydrogen) atoms. The van der Waals surface area contributed by atoms with Crippen LogP contribution in [0.5, 0.6) is 11.5 Å². The quantitative estimate of drug-likeness (QED) is 0.440. The molecule has 0 saturated heterocycles. The van der Waals surface area contributed by atoms with E-state index in [1.165, 1.54) is 0 Å². The van der Waals surface area contributed by atoms with Crippen molar-refractivity contribution in [3.63, 3.8) is 0 Å². The number of ether oxygens (including phenoxy) is 2. The molecule has 0 fully saturated rings. The summed E-state index contributed by atoms with van der Waals surface area (Å²) in [7, 11) is 1.62. The molecule has 0 aromatic heterocycles. The average molecular weight is 406 g/mol. The summed E-state index contributed by atoms with van der Waals surface area (Å²) in [5.41, 5.74) is 0.775. The van der Waals surface area contributed by atoms with Crippen LogP contribution in [-0.2, 0) is 0 Å². The van der Waals surface area contributed by atoms with E-state index in [0.717, 1.165) is 5.56 Å². The van der Waals surface area contributed by atoms with E-state index in [1.54, 1.807) is 31.4 Å². The SMILES string of the molecule is CCNC(=NCC(O)c1ccc(Cl)cc1)NCC(C)Oc1ccccc1OC. The molecule has 0 radical (unpaired) electrons. The van der Waals surface area contributed by atoms with Gasteiger partial charge in [-0.3, -0.25) is 4.99 Å². The molecule has 0 spiro atoms. The lowest BCUT2D eigenvalue weighted by atomic mass is 10.1. The van der Waals surface area contributed by atoms with Crippen LogP contribution in [0.2, 0.25) is 5.02 Å². The number of aliphatic hydroxyl groups excluding tert-OH is 1. The van der Waals surface area contributed by atoms with Crippen molar-refractivity contribution in [2.24, 2.45) is 4.99 Å². The number of hydrogen-bond acceptors (Lipinski definition) is 4. The molecule has 0 aliphatic carbocycles. The summed E-state index contributed by atoms with van der Waals surface area (Å²) in [5, 5.41) is 17.4. The standard InChI is InChI=1S/C21H28ClN3O3/c1-4-23-21(25-14-18(26)16-9-11-17(22)12-10-16)24-13-15(2)28-20-8-6-5-7-19(20)27-3/h5-12,15,18,26H,4,13-14H2,1-3H3,(H2,23,24,25). The van der Waals surface area contributed by atoms with E-state index in [-0.39, 0.29) is 12.6 Å². The zero-order valence-corrected chi connectivity index (χ0v) is 17.2. The third kappa shape index (κ3) is 6.94. The fraction of sp³-hybridized carbons (Fsp3) is 0.381. The second-order valence-electron chi connectivity index (χ2n) is 6.25. The fourth-order valence-corrected chi connectivity index (χ4v) is 2.65. The Bertz CT molecular complexity index is 753. The molecule has 7 heteroatoms. The minimum absolute atomic E-state index is 0.110.